The Bertz CT molecular complexity index is 814. The van der Waals surface area contributed by atoms with Crippen LogP contribution in [0.2, 0.25) is 0 Å². The molecule has 0 atom stereocenters. The first-order valence-electron chi connectivity index (χ1n) is 9.06. The Kier molecular flexibility index (Phi) is 8.06. The molecule has 1 aromatic heterocycles. The number of benzene rings is 1. The maximum Gasteiger partial charge on any atom is 0.321 e. The number of carbonyl (C=O) groups is 2. The fourth-order valence-electron chi connectivity index (χ4n) is 2.60. The summed E-state index contributed by atoms with van der Waals surface area (Å²) in [5.74, 6) is 0.381. The minimum Gasteiger partial charge on any atom is -0.372 e. The van der Waals surface area contributed by atoms with E-state index in [-0.39, 0.29) is 5.75 Å². The van der Waals surface area contributed by atoms with E-state index in [1.165, 1.54) is 17.8 Å². The maximum absolute atomic E-state index is 11.9. The van der Waals surface area contributed by atoms with Crippen LogP contribution in [0.25, 0.3) is 11.4 Å². The van der Waals surface area contributed by atoms with Crippen molar-refractivity contribution in [3.63, 3.8) is 0 Å². The molecule has 0 unspecified atom stereocenters. The highest BCUT2D eigenvalue weighted by atomic mass is 32.2. The number of imide groups is 1. The first-order chi connectivity index (χ1) is 13.5. The van der Waals surface area contributed by atoms with Gasteiger partial charge in [-0.2, -0.15) is 0 Å². The van der Waals surface area contributed by atoms with E-state index in [4.69, 9.17) is 0 Å². The van der Waals surface area contributed by atoms with E-state index in [1.807, 2.05) is 23.7 Å². The van der Waals surface area contributed by atoms with Crippen molar-refractivity contribution in [1.82, 2.24) is 25.4 Å². The molecule has 9 heteroatoms. The normalized spacial score (nSPS) is 10.4. The molecule has 0 bridgehead atoms. The van der Waals surface area contributed by atoms with Crippen LogP contribution in [0.4, 0.5) is 10.5 Å². The molecule has 3 amide bonds. The highest BCUT2D eigenvalue weighted by Gasteiger charge is 2.14. The van der Waals surface area contributed by atoms with Gasteiger partial charge in [0.25, 0.3) is 0 Å². The number of carbonyl (C=O) groups excluding carboxylic acids is 2. The van der Waals surface area contributed by atoms with Crippen molar-refractivity contribution in [3.8, 4) is 11.4 Å². The third kappa shape index (κ3) is 5.59. The predicted molar refractivity (Wildman–Crippen MR) is 112 cm³/mol. The van der Waals surface area contributed by atoms with Gasteiger partial charge < -0.3 is 14.8 Å². The molecule has 0 saturated carbocycles. The van der Waals surface area contributed by atoms with Crippen LogP contribution in [0, 0.1) is 0 Å². The van der Waals surface area contributed by atoms with E-state index in [0.29, 0.717) is 11.7 Å². The smallest absolute Gasteiger partial charge is 0.321 e. The van der Waals surface area contributed by atoms with Gasteiger partial charge in [0.05, 0.1) is 5.75 Å². The SMILES string of the molecule is C=CCNC(=O)NC(=O)CSc1nnc(-c2ccc(N(CC)CC)cc2)n1C. The zero-order chi connectivity index (χ0) is 20.5. The van der Waals surface area contributed by atoms with Crippen LogP contribution in [0.3, 0.4) is 0 Å². The minimum atomic E-state index is -0.544. The Morgan fingerprint density at radius 1 is 1.21 bits per heavy atom. The van der Waals surface area contributed by atoms with Crippen molar-refractivity contribution >= 4 is 29.4 Å². The molecule has 2 rings (SSSR count). The third-order valence-corrected chi connectivity index (χ3v) is 5.10. The van der Waals surface area contributed by atoms with E-state index in [1.54, 1.807) is 0 Å². The van der Waals surface area contributed by atoms with Crippen molar-refractivity contribution in [2.24, 2.45) is 7.05 Å². The molecular formula is C19H26N6O2S. The summed E-state index contributed by atoms with van der Waals surface area (Å²) < 4.78 is 1.84. The van der Waals surface area contributed by atoms with Gasteiger partial charge in [0.15, 0.2) is 11.0 Å². The summed E-state index contributed by atoms with van der Waals surface area (Å²) in [6.07, 6.45) is 1.54. The summed E-state index contributed by atoms with van der Waals surface area (Å²) in [7, 11) is 1.85. The lowest BCUT2D eigenvalue weighted by Crippen LogP contribution is -2.40. The lowest BCUT2D eigenvalue weighted by molar-refractivity contribution is -0.117. The molecule has 0 spiro atoms. The minimum absolute atomic E-state index is 0.0639. The summed E-state index contributed by atoms with van der Waals surface area (Å²) in [4.78, 5) is 25.6. The van der Waals surface area contributed by atoms with Crippen LogP contribution in [0.15, 0.2) is 42.1 Å². The summed E-state index contributed by atoms with van der Waals surface area (Å²) >= 11 is 1.22. The second-order valence-corrected chi connectivity index (χ2v) is 6.86. The predicted octanol–water partition coefficient (Wildman–Crippen LogP) is 2.43. The van der Waals surface area contributed by atoms with Gasteiger partial charge >= 0.3 is 6.03 Å². The monoisotopic (exact) mass is 402 g/mol. The fourth-order valence-corrected chi connectivity index (χ4v) is 3.31. The van der Waals surface area contributed by atoms with Crippen LogP contribution < -0.4 is 15.5 Å². The number of rotatable bonds is 9. The Hall–Kier alpha value is -2.81. The van der Waals surface area contributed by atoms with Gasteiger partial charge in [-0.05, 0) is 38.1 Å². The average molecular weight is 403 g/mol. The summed E-state index contributed by atoms with van der Waals surface area (Å²) in [5.41, 5.74) is 2.11. The number of anilines is 1. The second kappa shape index (κ2) is 10.5. The third-order valence-electron chi connectivity index (χ3n) is 4.08. The number of aromatic nitrogens is 3. The van der Waals surface area contributed by atoms with Gasteiger partial charge in [-0.25, -0.2) is 4.79 Å². The molecule has 150 valence electrons. The van der Waals surface area contributed by atoms with Crippen LogP contribution >= 0.6 is 11.8 Å². The van der Waals surface area contributed by atoms with Gasteiger partial charge in [0, 0.05) is 37.9 Å². The quantitative estimate of drug-likeness (QED) is 0.494. The Balaban J connectivity index is 1.99. The highest BCUT2D eigenvalue weighted by Crippen LogP contribution is 2.24. The lowest BCUT2D eigenvalue weighted by atomic mass is 10.2. The standard InChI is InChI=1S/C19H26N6O2S/c1-5-12-20-18(27)21-16(26)13-28-19-23-22-17(24(19)4)14-8-10-15(11-9-14)25(6-2)7-3/h5,8-11H,1,6-7,12-13H2,2-4H3,(H2,20,21,26,27). The van der Waals surface area contributed by atoms with Crippen LogP contribution in [-0.4, -0.2) is 52.1 Å². The van der Waals surface area contributed by atoms with E-state index >= 15 is 0 Å². The van der Waals surface area contributed by atoms with Gasteiger partial charge in [0.1, 0.15) is 0 Å². The summed E-state index contributed by atoms with van der Waals surface area (Å²) in [6, 6.07) is 7.63. The van der Waals surface area contributed by atoms with Crippen molar-refractivity contribution < 1.29 is 9.59 Å². The molecule has 0 aliphatic rings. The number of hydrogen-bond acceptors (Lipinski definition) is 6. The summed E-state index contributed by atoms with van der Waals surface area (Å²) in [5, 5.41) is 13.7. The molecule has 0 aliphatic heterocycles. The molecule has 1 aromatic carbocycles. The zero-order valence-electron chi connectivity index (χ0n) is 16.4. The molecule has 8 nitrogen and oxygen atoms in total. The Labute approximate surface area is 169 Å². The van der Waals surface area contributed by atoms with E-state index < -0.39 is 11.9 Å². The highest BCUT2D eigenvalue weighted by molar-refractivity contribution is 7.99. The topological polar surface area (TPSA) is 92.2 Å². The molecule has 0 saturated heterocycles. The summed E-state index contributed by atoms with van der Waals surface area (Å²) in [6.45, 7) is 9.95. The molecule has 0 radical (unpaired) electrons. The molecule has 0 fully saturated rings. The number of urea groups is 1. The molecule has 1 heterocycles. The van der Waals surface area contributed by atoms with Gasteiger partial charge in [-0.15, -0.1) is 16.8 Å². The largest absolute Gasteiger partial charge is 0.372 e. The van der Waals surface area contributed by atoms with Gasteiger partial charge in [-0.1, -0.05) is 17.8 Å². The zero-order valence-corrected chi connectivity index (χ0v) is 17.3. The number of hydrogen-bond donors (Lipinski definition) is 2. The molecule has 2 N–H and O–H groups in total. The molecule has 0 aliphatic carbocycles. The van der Waals surface area contributed by atoms with Crippen molar-refractivity contribution in [1.29, 1.82) is 0 Å². The van der Waals surface area contributed by atoms with E-state index in [0.717, 1.165) is 30.2 Å². The number of thioether (sulfide) groups is 1. The Morgan fingerprint density at radius 3 is 2.50 bits per heavy atom. The van der Waals surface area contributed by atoms with Crippen molar-refractivity contribution in [3.05, 3.63) is 36.9 Å². The van der Waals surface area contributed by atoms with Gasteiger partial charge in [0.2, 0.25) is 5.91 Å². The molecule has 2 aromatic rings. The van der Waals surface area contributed by atoms with Crippen LogP contribution in [0.1, 0.15) is 13.8 Å². The molecular weight excluding hydrogens is 376 g/mol. The number of nitrogens with one attached hydrogen (secondary N) is 2. The van der Waals surface area contributed by atoms with Gasteiger partial charge in [-0.3, -0.25) is 10.1 Å². The average Bonchev–Trinajstić information content (AvgIpc) is 3.06. The van der Waals surface area contributed by atoms with E-state index in [2.05, 4.69) is 58.3 Å². The van der Waals surface area contributed by atoms with E-state index in [9.17, 15) is 9.59 Å². The van der Waals surface area contributed by atoms with Crippen LogP contribution in [-0.2, 0) is 11.8 Å². The van der Waals surface area contributed by atoms with Crippen molar-refractivity contribution in [2.75, 3.05) is 30.3 Å². The second-order valence-electron chi connectivity index (χ2n) is 5.92. The Morgan fingerprint density at radius 2 is 1.89 bits per heavy atom. The maximum atomic E-state index is 11.9. The number of amides is 3. The lowest BCUT2D eigenvalue weighted by Gasteiger charge is -2.21. The molecule has 28 heavy (non-hydrogen) atoms. The van der Waals surface area contributed by atoms with Crippen molar-refractivity contribution in [2.45, 2.75) is 19.0 Å². The number of nitrogens with zero attached hydrogens (tertiary/aromatic N) is 4. The fraction of sp³-hybridized carbons (Fsp3) is 0.368. The first-order valence-corrected chi connectivity index (χ1v) is 10.0. The van der Waals surface area contributed by atoms with Crippen LogP contribution in [0.5, 0.6) is 0 Å². The first kappa shape index (κ1) is 21.5.